The molecule has 1 aromatic carbocycles. The Morgan fingerprint density at radius 3 is 2.62 bits per heavy atom. The summed E-state index contributed by atoms with van der Waals surface area (Å²) in [7, 11) is -4.26. The Kier molecular flexibility index (Phi) is 7.08. The third-order valence-corrected chi connectivity index (χ3v) is 7.79. The van der Waals surface area contributed by atoms with E-state index in [2.05, 4.69) is 15.5 Å². The number of aryl methyl sites for hydroxylation is 1. The Morgan fingerprint density at radius 1 is 1.15 bits per heavy atom. The standard InChI is InChI=1S/C22H22FN3O6S2/c1-2-31-21(28)18-15-6-4-3-5-7-16(15)33-20(18)24-17(27)12-34(29,30)22-26-25-19(32-22)13-8-10-14(23)11-9-13/h8-11H,2-7,12H2,1H3,(H,24,27). The first-order valence-electron chi connectivity index (χ1n) is 10.7. The molecule has 0 atom stereocenters. The molecular weight excluding hydrogens is 485 g/mol. The number of carbonyl (C=O) groups excluding carboxylic acids is 2. The van der Waals surface area contributed by atoms with Crippen molar-refractivity contribution in [1.82, 2.24) is 10.2 Å². The van der Waals surface area contributed by atoms with Gasteiger partial charge in [-0.3, -0.25) is 4.79 Å². The first kappa shape index (κ1) is 24.0. The van der Waals surface area contributed by atoms with Crippen LogP contribution in [0.5, 0.6) is 0 Å². The predicted molar refractivity (Wildman–Crippen MR) is 122 cm³/mol. The molecule has 1 aliphatic carbocycles. The van der Waals surface area contributed by atoms with Crippen molar-refractivity contribution >= 4 is 38.1 Å². The summed E-state index contributed by atoms with van der Waals surface area (Å²) in [5, 5.41) is 9.33. The van der Waals surface area contributed by atoms with E-state index in [0.717, 1.165) is 36.1 Å². The number of halogens is 1. The number of hydrogen-bond donors (Lipinski definition) is 1. The zero-order valence-corrected chi connectivity index (χ0v) is 19.9. The van der Waals surface area contributed by atoms with Gasteiger partial charge >= 0.3 is 11.2 Å². The number of benzene rings is 1. The maximum atomic E-state index is 13.1. The monoisotopic (exact) mass is 507 g/mol. The molecule has 0 aliphatic heterocycles. The van der Waals surface area contributed by atoms with Gasteiger partial charge in [0.1, 0.15) is 16.6 Å². The highest BCUT2D eigenvalue weighted by atomic mass is 32.2. The Morgan fingerprint density at radius 2 is 1.88 bits per heavy atom. The van der Waals surface area contributed by atoms with Gasteiger partial charge in [0.15, 0.2) is 0 Å². The molecule has 12 heteroatoms. The lowest BCUT2D eigenvalue weighted by Gasteiger charge is -2.08. The van der Waals surface area contributed by atoms with E-state index in [1.165, 1.54) is 35.6 Å². The van der Waals surface area contributed by atoms with Gasteiger partial charge in [-0.05, 0) is 62.4 Å². The lowest BCUT2D eigenvalue weighted by Crippen LogP contribution is -2.24. The Hall–Kier alpha value is -3.12. The minimum atomic E-state index is -4.26. The molecule has 0 radical (unpaired) electrons. The third-order valence-electron chi connectivity index (χ3n) is 5.24. The van der Waals surface area contributed by atoms with E-state index in [9.17, 15) is 22.4 Å². The van der Waals surface area contributed by atoms with Gasteiger partial charge in [-0.2, -0.15) is 0 Å². The summed E-state index contributed by atoms with van der Waals surface area (Å²) in [5.74, 6) is -2.93. The highest BCUT2D eigenvalue weighted by Gasteiger charge is 2.30. The largest absolute Gasteiger partial charge is 0.462 e. The Labute approximate surface area is 199 Å². The van der Waals surface area contributed by atoms with Crippen LogP contribution in [0.1, 0.15) is 47.0 Å². The minimum Gasteiger partial charge on any atom is -0.462 e. The fraction of sp³-hybridized carbons (Fsp3) is 0.364. The molecule has 1 amide bonds. The van der Waals surface area contributed by atoms with Crippen molar-refractivity contribution in [2.24, 2.45) is 0 Å². The molecule has 2 aromatic heterocycles. The summed E-state index contributed by atoms with van der Waals surface area (Å²) in [6.45, 7) is 1.87. The van der Waals surface area contributed by atoms with E-state index in [4.69, 9.17) is 9.15 Å². The van der Waals surface area contributed by atoms with Crippen LogP contribution in [0, 0.1) is 5.82 Å². The van der Waals surface area contributed by atoms with Gasteiger partial charge in [0.05, 0.1) is 12.2 Å². The van der Waals surface area contributed by atoms with E-state index in [-0.39, 0.29) is 17.5 Å². The van der Waals surface area contributed by atoms with Crippen molar-refractivity contribution in [3.05, 3.63) is 46.1 Å². The van der Waals surface area contributed by atoms with Gasteiger partial charge < -0.3 is 14.5 Å². The predicted octanol–water partition coefficient (Wildman–Crippen LogP) is 3.80. The number of thiophene rings is 1. The lowest BCUT2D eigenvalue weighted by atomic mass is 10.1. The Balaban J connectivity index is 1.53. The van der Waals surface area contributed by atoms with Crippen molar-refractivity contribution in [2.75, 3.05) is 17.7 Å². The van der Waals surface area contributed by atoms with Crippen LogP contribution in [0.15, 0.2) is 33.9 Å². The summed E-state index contributed by atoms with van der Waals surface area (Å²) in [6, 6.07) is 5.07. The number of hydrogen-bond acceptors (Lipinski definition) is 9. The molecule has 0 fully saturated rings. The number of carbonyl (C=O) groups is 2. The van der Waals surface area contributed by atoms with Gasteiger partial charge in [0.2, 0.25) is 21.6 Å². The highest BCUT2D eigenvalue weighted by molar-refractivity contribution is 7.91. The molecule has 0 saturated heterocycles. The lowest BCUT2D eigenvalue weighted by molar-refractivity contribution is -0.113. The summed E-state index contributed by atoms with van der Waals surface area (Å²) in [5.41, 5.74) is 1.49. The van der Waals surface area contributed by atoms with Crippen LogP contribution in [0.4, 0.5) is 9.39 Å². The van der Waals surface area contributed by atoms with Gasteiger partial charge in [-0.15, -0.1) is 16.4 Å². The molecule has 4 rings (SSSR count). The molecule has 0 saturated carbocycles. The van der Waals surface area contributed by atoms with E-state index >= 15 is 0 Å². The van der Waals surface area contributed by atoms with Crippen molar-refractivity contribution < 1.29 is 31.6 Å². The van der Waals surface area contributed by atoms with Crippen LogP contribution in [-0.4, -0.2) is 42.9 Å². The van der Waals surface area contributed by atoms with Gasteiger partial charge in [0, 0.05) is 10.4 Å². The Bertz CT molecular complexity index is 1310. The van der Waals surface area contributed by atoms with Gasteiger partial charge in [0.25, 0.3) is 0 Å². The second-order valence-electron chi connectivity index (χ2n) is 7.68. The smallest absolute Gasteiger partial charge is 0.341 e. The summed E-state index contributed by atoms with van der Waals surface area (Å²) in [6.07, 6.45) is 4.43. The van der Waals surface area contributed by atoms with Gasteiger partial charge in [-0.25, -0.2) is 17.6 Å². The number of nitrogens with zero attached hydrogens (tertiary/aromatic N) is 2. The van der Waals surface area contributed by atoms with Crippen molar-refractivity contribution in [3.8, 4) is 11.5 Å². The molecule has 180 valence electrons. The van der Waals surface area contributed by atoms with E-state index in [1.807, 2.05) is 0 Å². The van der Waals surface area contributed by atoms with Crippen LogP contribution in [0.25, 0.3) is 11.5 Å². The van der Waals surface area contributed by atoms with Crippen LogP contribution >= 0.6 is 11.3 Å². The average molecular weight is 508 g/mol. The van der Waals surface area contributed by atoms with Crippen LogP contribution in [0.3, 0.4) is 0 Å². The number of esters is 1. The number of nitrogens with one attached hydrogen (secondary N) is 1. The van der Waals surface area contributed by atoms with Crippen molar-refractivity contribution in [2.45, 2.75) is 44.3 Å². The number of fused-ring (bicyclic) bond motifs is 1. The number of ether oxygens (including phenoxy) is 1. The van der Waals surface area contributed by atoms with Crippen molar-refractivity contribution in [1.29, 1.82) is 0 Å². The molecule has 0 bridgehead atoms. The summed E-state index contributed by atoms with van der Waals surface area (Å²) >= 11 is 1.27. The van der Waals surface area contributed by atoms with Crippen LogP contribution < -0.4 is 5.32 Å². The zero-order valence-electron chi connectivity index (χ0n) is 18.3. The second kappa shape index (κ2) is 10.0. The summed E-state index contributed by atoms with van der Waals surface area (Å²) in [4.78, 5) is 26.3. The van der Waals surface area contributed by atoms with Crippen molar-refractivity contribution in [3.63, 3.8) is 0 Å². The molecule has 34 heavy (non-hydrogen) atoms. The number of sulfone groups is 1. The molecule has 1 N–H and O–H groups in total. The number of amides is 1. The van der Waals surface area contributed by atoms with Crippen LogP contribution in [0.2, 0.25) is 0 Å². The fourth-order valence-corrected chi connectivity index (χ4v) is 5.90. The van der Waals surface area contributed by atoms with Crippen LogP contribution in [-0.2, 0) is 32.2 Å². The fourth-order valence-electron chi connectivity index (χ4n) is 3.69. The second-order valence-corrected chi connectivity index (χ2v) is 10.6. The first-order chi connectivity index (χ1) is 16.3. The van der Waals surface area contributed by atoms with Gasteiger partial charge in [-0.1, -0.05) is 11.5 Å². The molecule has 9 nitrogen and oxygen atoms in total. The molecule has 3 aromatic rings. The quantitative estimate of drug-likeness (QED) is 0.378. The maximum Gasteiger partial charge on any atom is 0.341 e. The number of anilines is 1. The maximum absolute atomic E-state index is 13.1. The number of aromatic nitrogens is 2. The van der Waals surface area contributed by atoms with E-state index in [1.54, 1.807) is 6.92 Å². The normalized spacial score (nSPS) is 13.7. The average Bonchev–Trinajstić information content (AvgIpc) is 3.34. The first-order valence-corrected chi connectivity index (χ1v) is 13.2. The van der Waals surface area contributed by atoms with E-state index < -0.39 is 38.5 Å². The molecule has 0 spiro atoms. The number of rotatable bonds is 7. The molecule has 1 aliphatic rings. The zero-order chi connectivity index (χ0) is 24.3. The topological polar surface area (TPSA) is 128 Å². The molecular formula is C22H22FN3O6S2. The summed E-state index contributed by atoms with van der Waals surface area (Å²) < 4.78 is 48.9. The third kappa shape index (κ3) is 5.17. The molecule has 2 heterocycles. The molecule has 0 unspecified atom stereocenters. The SMILES string of the molecule is CCOC(=O)c1c(NC(=O)CS(=O)(=O)c2nnc(-c3ccc(F)cc3)o2)sc2c1CCCCC2. The van der Waals surface area contributed by atoms with E-state index in [0.29, 0.717) is 17.5 Å². The highest BCUT2D eigenvalue weighted by Crippen LogP contribution is 2.38. The minimum absolute atomic E-state index is 0.120.